The minimum absolute atomic E-state index is 0.0258. The normalized spacial score (nSPS) is 14.4. The van der Waals surface area contributed by atoms with Crippen molar-refractivity contribution in [2.75, 3.05) is 31.1 Å². The van der Waals surface area contributed by atoms with E-state index >= 15 is 0 Å². The summed E-state index contributed by atoms with van der Waals surface area (Å²) < 4.78 is 1.53. The monoisotopic (exact) mass is 411 g/mol. The van der Waals surface area contributed by atoms with Crippen molar-refractivity contribution in [3.63, 3.8) is 0 Å². The number of nitrogens with zero attached hydrogens (tertiary/aromatic N) is 5. The van der Waals surface area contributed by atoms with E-state index in [-0.39, 0.29) is 18.3 Å². The summed E-state index contributed by atoms with van der Waals surface area (Å²) in [5, 5.41) is 13.5. The van der Waals surface area contributed by atoms with Crippen molar-refractivity contribution in [3.05, 3.63) is 52.8 Å². The van der Waals surface area contributed by atoms with Crippen molar-refractivity contribution in [2.45, 2.75) is 13.5 Å². The number of benzene rings is 1. The van der Waals surface area contributed by atoms with Crippen LogP contribution in [0.25, 0.3) is 11.0 Å². The van der Waals surface area contributed by atoms with Gasteiger partial charge in [0.25, 0.3) is 0 Å². The largest absolute Gasteiger partial charge is 0.382 e. The van der Waals surface area contributed by atoms with Gasteiger partial charge in [-0.05, 0) is 42.8 Å². The van der Waals surface area contributed by atoms with Crippen LogP contribution in [0.15, 0.2) is 36.5 Å². The number of hydrogen-bond donors (Lipinski definition) is 2. The molecular weight excluding hydrogens is 390 g/mol. The van der Waals surface area contributed by atoms with Crippen LogP contribution < -0.4 is 10.6 Å². The Hall–Kier alpha value is -3.13. The molecule has 0 radical (unpaired) electrons. The first-order valence-corrected chi connectivity index (χ1v) is 9.76. The fourth-order valence-corrected chi connectivity index (χ4v) is 3.70. The number of rotatable bonds is 4. The number of anilines is 1. The summed E-state index contributed by atoms with van der Waals surface area (Å²) in [5.74, 6) is -0.164. The lowest BCUT2D eigenvalue weighted by molar-refractivity contribution is -0.132. The molecule has 150 valence electrons. The van der Waals surface area contributed by atoms with E-state index in [0.717, 1.165) is 29.4 Å². The second-order valence-electron chi connectivity index (χ2n) is 7.10. The number of aromatic nitrogens is 3. The number of piperazine rings is 1. The Morgan fingerprint density at radius 2 is 2.00 bits per heavy atom. The van der Waals surface area contributed by atoms with Crippen LogP contribution in [0.1, 0.15) is 11.3 Å². The molecule has 2 aromatic heterocycles. The van der Waals surface area contributed by atoms with Gasteiger partial charge >= 0.3 is 0 Å². The number of pyridine rings is 1. The second-order valence-corrected chi connectivity index (χ2v) is 7.50. The number of amides is 1. The predicted molar refractivity (Wildman–Crippen MR) is 114 cm³/mol. The van der Waals surface area contributed by atoms with Gasteiger partial charge in [0.15, 0.2) is 5.65 Å². The van der Waals surface area contributed by atoms with Gasteiger partial charge in [0.05, 0.1) is 5.39 Å². The molecule has 1 aromatic carbocycles. The van der Waals surface area contributed by atoms with Crippen molar-refractivity contribution >= 4 is 40.1 Å². The van der Waals surface area contributed by atoms with Crippen LogP contribution in [0.4, 0.5) is 5.69 Å². The first-order valence-electron chi connectivity index (χ1n) is 9.39. The van der Waals surface area contributed by atoms with Crippen molar-refractivity contribution in [1.82, 2.24) is 19.7 Å². The lowest BCUT2D eigenvalue weighted by Gasteiger charge is -2.36. The lowest BCUT2D eigenvalue weighted by atomic mass is 10.2. The van der Waals surface area contributed by atoms with E-state index in [4.69, 9.17) is 22.7 Å². The maximum absolute atomic E-state index is 12.8. The smallest absolute Gasteiger partial charge is 0.244 e. The highest BCUT2D eigenvalue weighted by Crippen LogP contribution is 2.23. The highest BCUT2D eigenvalue weighted by atomic mass is 35.5. The maximum atomic E-state index is 12.8. The average Bonchev–Trinajstić information content (AvgIpc) is 3.09. The van der Waals surface area contributed by atoms with E-state index in [1.54, 1.807) is 18.3 Å². The number of carbonyl (C=O) groups excluding carboxylic acids is 1. The Balaban J connectivity index is 1.45. The minimum Gasteiger partial charge on any atom is -0.382 e. The molecule has 0 saturated carbocycles. The SMILES string of the molecule is Cc1cc(N2CCN(C(=O)Cn3nc(C(=N)N)c4cccnc43)CC2)ccc1Cl. The molecule has 9 heteroatoms. The zero-order valence-electron chi connectivity index (χ0n) is 16.1. The van der Waals surface area contributed by atoms with Gasteiger partial charge in [-0.15, -0.1) is 0 Å². The van der Waals surface area contributed by atoms with Crippen molar-refractivity contribution < 1.29 is 4.79 Å². The molecule has 1 aliphatic rings. The highest BCUT2D eigenvalue weighted by Gasteiger charge is 2.23. The Kier molecular flexibility index (Phi) is 5.10. The van der Waals surface area contributed by atoms with Gasteiger partial charge in [0.2, 0.25) is 5.91 Å². The number of fused-ring (bicyclic) bond motifs is 1. The van der Waals surface area contributed by atoms with Gasteiger partial charge in [-0.2, -0.15) is 5.10 Å². The molecule has 4 rings (SSSR count). The Morgan fingerprint density at radius 3 is 2.69 bits per heavy atom. The Morgan fingerprint density at radius 1 is 1.24 bits per heavy atom. The topological polar surface area (TPSA) is 104 Å². The van der Waals surface area contributed by atoms with Crippen LogP contribution in [0, 0.1) is 12.3 Å². The maximum Gasteiger partial charge on any atom is 0.244 e. The molecule has 8 nitrogen and oxygen atoms in total. The molecule has 3 heterocycles. The van der Waals surface area contributed by atoms with Crippen LogP contribution >= 0.6 is 11.6 Å². The summed E-state index contributed by atoms with van der Waals surface area (Å²) in [6.07, 6.45) is 1.64. The number of nitrogen functional groups attached to an aromatic ring is 1. The average molecular weight is 412 g/mol. The number of carbonyl (C=O) groups is 1. The first kappa shape index (κ1) is 19.2. The summed E-state index contributed by atoms with van der Waals surface area (Å²) in [7, 11) is 0. The molecule has 0 atom stereocenters. The third-order valence-corrected chi connectivity index (χ3v) is 5.61. The van der Waals surface area contributed by atoms with Crippen LogP contribution in [0.3, 0.4) is 0 Å². The molecule has 29 heavy (non-hydrogen) atoms. The molecule has 1 saturated heterocycles. The summed E-state index contributed by atoms with van der Waals surface area (Å²) in [6, 6.07) is 9.56. The summed E-state index contributed by atoms with van der Waals surface area (Å²) in [6.45, 7) is 4.83. The van der Waals surface area contributed by atoms with Gasteiger partial charge in [-0.1, -0.05) is 11.6 Å². The second kappa shape index (κ2) is 7.71. The fourth-order valence-electron chi connectivity index (χ4n) is 3.59. The lowest BCUT2D eigenvalue weighted by Crippen LogP contribution is -2.49. The van der Waals surface area contributed by atoms with Gasteiger partial charge in [0, 0.05) is 43.1 Å². The summed E-state index contributed by atoms with van der Waals surface area (Å²) in [5.41, 5.74) is 8.70. The van der Waals surface area contributed by atoms with E-state index in [0.29, 0.717) is 29.8 Å². The molecule has 3 aromatic rings. The van der Waals surface area contributed by atoms with Gasteiger partial charge in [-0.25, -0.2) is 9.67 Å². The number of nitrogens with one attached hydrogen (secondary N) is 1. The number of halogens is 1. The third-order valence-electron chi connectivity index (χ3n) is 5.19. The fraction of sp³-hybridized carbons (Fsp3) is 0.300. The van der Waals surface area contributed by atoms with E-state index in [1.165, 1.54) is 4.68 Å². The zero-order chi connectivity index (χ0) is 20.5. The number of hydrogen-bond acceptors (Lipinski definition) is 5. The van der Waals surface area contributed by atoms with Crippen molar-refractivity contribution in [3.8, 4) is 0 Å². The molecule has 1 fully saturated rings. The molecule has 0 spiro atoms. The van der Waals surface area contributed by atoms with Gasteiger partial charge in [-0.3, -0.25) is 10.2 Å². The molecule has 0 unspecified atom stereocenters. The first-order chi connectivity index (χ1) is 13.9. The number of aryl methyl sites for hydroxylation is 1. The van der Waals surface area contributed by atoms with Crippen LogP contribution in [-0.4, -0.2) is 57.6 Å². The Labute approximate surface area is 173 Å². The van der Waals surface area contributed by atoms with Crippen molar-refractivity contribution in [2.24, 2.45) is 5.73 Å². The summed E-state index contributed by atoms with van der Waals surface area (Å²) in [4.78, 5) is 21.2. The van der Waals surface area contributed by atoms with Gasteiger partial charge < -0.3 is 15.5 Å². The van der Waals surface area contributed by atoms with Crippen LogP contribution in [0.5, 0.6) is 0 Å². The molecule has 3 N–H and O–H groups in total. The summed E-state index contributed by atoms with van der Waals surface area (Å²) >= 11 is 6.12. The molecule has 0 aliphatic carbocycles. The van der Waals surface area contributed by atoms with E-state index in [2.05, 4.69) is 21.0 Å². The standard InChI is InChI=1S/C20H22ClN7O/c1-13-11-14(4-5-16(13)21)26-7-9-27(10-8-26)17(29)12-28-20-15(3-2-6-24-20)18(25-28)19(22)23/h2-6,11H,7-10,12H2,1H3,(H3,22,23). The third kappa shape index (κ3) is 3.75. The number of amidine groups is 1. The minimum atomic E-state index is -0.138. The predicted octanol–water partition coefficient (Wildman–Crippen LogP) is 2.03. The highest BCUT2D eigenvalue weighted by molar-refractivity contribution is 6.31. The quantitative estimate of drug-likeness (QED) is 0.505. The van der Waals surface area contributed by atoms with Gasteiger partial charge in [0.1, 0.15) is 18.1 Å². The molecule has 0 bridgehead atoms. The number of nitrogens with two attached hydrogens (primary N) is 1. The molecular formula is C20H22ClN7O. The zero-order valence-corrected chi connectivity index (χ0v) is 16.9. The van der Waals surface area contributed by atoms with Crippen LogP contribution in [0.2, 0.25) is 5.02 Å². The van der Waals surface area contributed by atoms with Crippen molar-refractivity contribution in [1.29, 1.82) is 5.41 Å². The van der Waals surface area contributed by atoms with Crippen LogP contribution in [-0.2, 0) is 11.3 Å². The van der Waals surface area contributed by atoms with E-state index in [9.17, 15) is 4.79 Å². The molecule has 1 amide bonds. The van der Waals surface area contributed by atoms with E-state index < -0.39 is 0 Å². The Bertz CT molecular complexity index is 1090. The van der Waals surface area contributed by atoms with E-state index in [1.807, 2.05) is 24.0 Å². The molecule has 1 aliphatic heterocycles.